The third-order valence-corrected chi connectivity index (χ3v) is 2.63. The van der Waals surface area contributed by atoms with Gasteiger partial charge < -0.3 is 10.0 Å². The quantitative estimate of drug-likeness (QED) is 0.831. The lowest BCUT2D eigenvalue weighted by Gasteiger charge is -2.15. The fourth-order valence-electron chi connectivity index (χ4n) is 1.58. The molecule has 102 valence electrons. The van der Waals surface area contributed by atoms with Crippen molar-refractivity contribution in [1.82, 2.24) is 4.90 Å². The molecule has 1 rings (SSSR count). The highest BCUT2D eigenvalue weighted by Crippen LogP contribution is 2.04. The zero-order valence-electron chi connectivity index (χ0n) is 10.4. The highest BCUT2D eigenvalue weighted by molar-refractivity contribution is 5.85. The Labute approximate surface area is 113 Å². The number of benzene rings is 1. The average Bonchev–Trinajstić information content (AvgIpc) is 2.28. The van der Waals surface area contributed by atoms with Crippen molar-refractivity contribution in [3.63, 3.8) is 0 Å². The molecular formula is C13H19ClFNO2. The van der Waals surface area contributed by atoms with Crippen LogP contribution < -0.4 is 0 Å². The molecule has 0 fully saturated rings. The Morgan fingerprint density at radius 1 is 1.28 bits per heavy atom. The van der Waals surface area contributed by atoms with Gasteiger partial charge in [0, 0.05) is 13.0 Å². The second kappa shape index (κ2) is 8.89. The van der Waals surface area contributed by atoms with E-state index in [0.29, 0.717) is 6.42 Å². The summed E-state index contributed by atoms with van der Waals surface area (Å²) < 4.78 is 12.7. The molecule has 0 heterocycles. The number of halogens is 2. The van der Waals surface area contributed by atoms with Crippen molar-refractivity contribution in [2.45, 2.75) is 19.3 Å². The molecule has 1 N–H and O–H groups in total. The molecule has 0 unspecified atom stereocenters. The van der Waals surface area contributed by atoms with Gasteiger partial charge in [-0.1, -0.05) is 12.1 Å². The van der Waals surface area contributed by atoms with Gasteiger partial charge in [-0.25, -0.2) is 4.39 Å². The summed E-state index contributed by atoms with van der Waals surface area (Å²) in [7, 11) is 1.96. The molecule has 0 atom stereocenters. The van der Waals surface area contributed by atoms with E-state index >= 15 is 0 Å². The number of nitrogens with zero attached hydrogens (tertiary/aromatic N) is 1. The molecular weight excluding hydrogens is 257 g/mol. The van der Waals surface area contributed by atoms with Crippen LogP contribution >= 0.6 is 12.4 Å². The number of rotatable bonds is 7. The molecule has 5 heteroatoms. The molecule has 0 aliphatic heterocycles. The Kier molecular flexibility index (Phi) is 8.33. The number of carbonyl (C=O) groups is 1. The molecule has 0 radical (unpaired) electrons. The lowest BCUT2D eigenvalue weighted by molar-refractivity contribution is -0.137. The van der Waals surface area contributed by atoms with Gasteiger partial charge in [-0.15, -0.1) is 12.4 Å². The van der Waals surface area contributed by atoms with Crippen molar-refractivity contribution in [3.05, 3.63) is 35.6 Å². The molecule has 0 amide bonds. The van der Waals surface area contributed by atoms with E-state index in [-0.39, 0.29) is 24.6 Å². The van der Waals surface area contributed by atoms with E-state index in [0.717, 1.165) is 25.1 Å². The lowest BCUT2D eigenvalue weighted by atomic mass is 10.1. The summed E-state index contributed by atoms with van der Waals surface area (Å²) in [6, 6.07) is 6.47. The Balaban J connectivity index is 0.00000289. The molecule has 1 aromatic rings. The first kappa shape index (κ1) is 16.9. The maximum Gasteiger partial charge on any atom is 0.303 e. The molecule has 0 saturated heterocycles. The zero-order valence-corrected chi connectivity index (χ0v) is 11.3. The van der Waals surface area contributed by atoms with Gasteiger partial charge in [0.2, 0.25) is 0 Å². The number of hydrogen-bond acceptors (Lipinski definition) is 2. The van der Waals surface area contributed by atoms with Crippen LogP contribution in [0.15, 0.2) is 24.3 Å². The van der Waals surface area contributed by atoms with Crippen LogP contribution in [-0.4, -0.2) is 36.1 Å². The maximum absolute atomic E-state index is 12.7. The van der Waals surface area contributed by atoms with Crippen LogP contribution in [0.1, 0.15) is 18.4 Å². The first-order valence-electron chi connectivity index (χ1n) is 5.72. The van der Waals surface area contributed by atoms with Crippen molar-refractivity contribution in [3.8, 4) is 0 Å². The Morgan fingerprint density at radius 3 is 2.44 bits per heavy atom. The minimum absolute atomic E-state index is 0. The summed E-state index contributed by atoms with van der Waals surface area (Å²) in [6.45, 7) is 1.62. The minimum Gasteiger partial charge on any atom is -0.481 e. The lowest BCUT2D eigenvalue weighted by Crippen LogP contribution is -2.23. The van der Waals surface area contributed by atoms with Crippen molar-refractivity contribution in [2.75, 3.05) is 20.1 Å². The van der Waals surface area contributed by atoms with Gasteiger partial charge in [-0.3, -0.25) is 4.79 Å². The predicted octanol–water partition coefficient (Wildman–Crippen LogP) is 2.59. The first-order valence-corrected chi connectivity index (χ1v) is 5.72. The third-order valence-electron chi connectivity index (χ3n) is 2.63. The summed E-state index contributed by atoms with van der Waals surface area (Å²) >= 11 is 0. The standard InChI is InChI=1S/C13H18FNO2.ClH/c1-15(9-2-3-13(16)17)10-8-11-4-6-12(14)7-5-11;/h4-7H,2-3,8-10H2,1H3,(H,16,17);1H. The van der Waals surface area contributed by atoms with E-state index < -0.39 is 5.97 Å². The highest BCUT2D eigenvalue weighted by atomic mass is 35.5. The Morgan fingerprint density at radius 2 is 1.89 bits per heavy atom. The summed E-state index contributed by atoms with van der Waals surface area (Å²) in [4.78, 5) is 12.4. The molecule has 0 bridgehead atoms. The smallest absolute Gasteiger partial charge is 0.303 e. The SMILES string of the molecule is CN(CCCC(=O)O)CCc1ccc(F)cc1.Cl. The molecule has 1 aromatic carbocycles. The maximum atomic E-state index is 12.7. The second-order valence-corrected chi connectivity index (χ2v) is 4.18. The van der Waals surface area contributed by atoms with Gasteiger partial charge in [-0.05, 0) is 44.1 Å². The summed E-state index contributed by atoms with van der Waals surface area (Å²) in [5.74, 6) is -0.972. The van der Waals surface area contributed by atoms with Crippen LogP contribution in [0.3, 0.4) is 0 Å². The summed E-state index contributed by atoms with van der Waals surface area (Å²) in [6.07, 6.45) is 1.72. The molecule has 0 aliphatic carbocycles. The number of carboxylic acids is 1. The normalized spacial score (nSPS) is 10.2. The molecule has 0 spiro atoms. The Hall–Kier alpha value is -1.13. The molecule has 18 heavy (non-hydrogen) atoms. The molecule has 3 nitrogen and oxygen atoms in total. The van der Waals surface area contributed by atoms with Gasteiger partial charge >= 0.3 is 5.97 Å². The van der Waals surface area contributed by atoms with E-state index in [2.05, 4.69) is 4.90 Å². The summed E-state index contributed by atoms with van der Waals surface area (Å²) in [5.41, 5.74) is 1.09. The van der Waals surface area contributed by atoms with Gasteiger partial charge in [0.05, 0.1) is 0 Å². The fourth-order valence-corrected chi connectivity index (χ4v) is 1.58. The van der Waals surface area contributed by atoms with E-state index in [1.807, 2.05) is 7.05 Å². The average molecular weight is 276 g/mol. The van der Waals surface area contributed by atoms with E-state index in [4.69, 9.17) is 5.11 Å². The van der Waals surface area contributed by atoms with Crippen LogP contribution in [0.2, 0.25) is 0 Å². The van der Waals surface area contributed by atoms with Gasteiger partial charge in [0.25, 0.3) is 0 Å². The van der Waals surface area contributed by atoms with Crippen molar-refractivity contribution in [1.29, 1.82) is 0 Å². The summed E-state index contributed by atoms with van der Waals surface area (Å²) in [5, 5.41) is 8.51. The molecule has 0 saturated carbocycles. The van der Waals surface area contributed by atoms with Gasteiger partial charge in [0.1, 0.15) is 5.82 Å². The highest BCUT2D eigenvalue weighted by Gasteiger charge is 2.02. The van der Waals surface area contributed by atoms with Gasteiger partial charge in [-0.2, -0.15) is 0 Å². The monoisotopic (exact) mass is 275 g/mol. The van der Waals surface area contributed by atoms with Crippen LogP contribution in [0.25, 0.3) is 0 Å². The van der Waals surface area contributed by atoms with Crippen LogP contribution in [0.4, 0.5) is 4.39 Å². The molecule has 0 aromatic heterocycles. The van der Waals surface area contributed by atoms with Crippen LogP contribution in [-0.2, 0) is 11.2 Å². The van der Waals surface area contributed by atoms with Crippen molar-refractivity contribution in [2.24, 2.45) is 0 Å². The van der Waals surface area contributed by atoms with Gasteiger partial charge in [0.15, 0.2) is 0 Å². The third kappa shape index (κ3) is 7.25. The Bertz CT molecular complexity index is 357. The first-order chi connectivity index (χ1) is 8.08. The van der Waals surface area contributed by atoms with Crippen LogP contribution in [0, 0.1) is 5.82 Å². The van der Waals surface area contributed by atoms with Crippen molar-refractivity contribution >= 4 is 18.4 Å². The van der Waals surface area contributed by atoms with E-state index in [9.17, 15) is 9.18 Å². The van der Waals surface area contributed by atoms with Crippen molar-refractivity contribution < 1.29 is 14.3 Å². The second-order valence-electron chi connectivity index (χ2n) is 4.18. The predicted molar refractivity (Wildman–Crippen MR) is 71.7 cm³/mol. The number of aliphatic carboxylic acids is 1. The number of hydrogen-bond donors (Lipinski definition) is 1. The van der Waals surface area contributed by atoms with Crippen LogP contribution in [0.5, 0.6) is 0 Å². The zero-order chi connectivity index (χ0) is 12.7. The minimum atomic E-state index is -0.753. The molecule has 0 aliphatic rings. The van der Waals surface area contributed by atoms with E-state index in [1.54, 1.807) is 12.1 Å². The fraction of sp³-hybridized carbons (Fsp3) is 0.462. The largest absolute Gasteiger partial charge is 0.481 e. The number of carboxylic acid groups (broad SMARTS) is 1. The van der Waals surface area contributed by atoms with E-state index in [1.165, 1.54) is 12.1 Å². The topological polar surface area (TPSA) is 40.5 Å². The number of likely N-dealkylation sites (N-methyl/N-ethyl adjacent to an activating group) is 1.